The summed E-state index contributed by atoms with van der Waals surface area (Å²) in [5.74, 6) is 3.66. The molecule has 0 aromatic heterocycles. The van der Waals surface area contributed by atoms with E-state index in [1.807, 2.05) is 24.3 Å². The van der Waals surface area contributed by atoms with Crippen LogP contribution in [0.25, 0.3) is 0 Å². The van der Waals surface area contributed by atoms with Crippen LogP contribution in [-0.4, -0.2) is 6.61 Å². The van der Waals surface area contributed by atoms with Crippen LogP contribution >= 0.6 is 0 Å². The summed E-state index contributed by atoms with van der Waals surface area (Å²) in [5, 5.41) is 0. The molecule has 144 valence electrons. The first-order valence-corrected chi connectivity index (χ1v) is 9.87. The average molecular weight is 370 g/mol. The molecule has 0 heterocycles. The number of benzene rings is 2. The van der Waals surface area contributed by atoms with Crippen molar-refractivity contribution in [2.75, 3.05) is 6.61 Å². The highest BCUT2D eigenvalue weighted by Gasteiger charge is 2.13. The van der Waals surface area contributed by atoms with E-state index in [1.165, 1.54) is 17.7 Å². The van der Waals surface area contributed by atoms with Gasteiger partial charge in [0.2, 0.25) is 5.82 Å². The second-order valence-electron chi connectivity index (χ2n) is 6.70. The van der Waals surface area contributed by atoms with Crippen molar-refractivity contribution in [2.45, 2.75) is 58.8 Å². The number of rotatable bonds is 9. The Morgan fingerprint density at radius 3 is 2.22 bits per heavy atom. The fourth-order valence-corrected chi connectivity index (χ4v) is 2.73. The van der Waals surface area contributed by atoms with Crippen LogP contribution in [0, 0.1) is 23.5 Å². The lowest BCUT2D eigenvalue weighted by atomic mass is 10.1. The third-order valence-corrected chi connectivity index (χ3v) is 4.42. The average Bonchev–Trinajstić information content (AvgIpc) is 2.69. The number of ether oxygens (including phenoxy) is 1. The molecule has 27 heavy (non-hydrogen) atoms. The minimum absolute atomic E-state index is 0.0425. The van der Waals surface area contributed by atoms with E-state index < -0.39 is 11.6 Å². The van der Waals surface area contributed by atoms with E-state index in [2.05, 4.69) is 25.7 Å². The first-order chi connectivity index (χ1) is 13.2. The van der Waals surface area contributed by atoms with E-state index in [1.54, 1.807) is 0 Å². The van der Waals surface area contributed by atoms with E-state index in [0.29, 0.717) is 6.61 Å². The highest BCUT2D eigenvalue weighted by molar-refractivity contribution is 5.46. The maximum Gasteiger partial charge on any atom is 0.201 e. The summed E-state index contributed by atoms with van der Waals surface area (Å²) >= 11 is 0. The van der Waals surface area contributed by atoms with Crippen molar-refractivity contribution < 1.29 is 13.5 Å². The number of hydrogen-bond acceptors (Lipinski definition) is 1. The molecule has 0 fully saturated rings. The molecule has 1 nitrogen and oxygen atoms in total. The Morgan fingerprint density at radius 2 is 1.52 bits per heavy atom. The zero-order valence-electron chi connectivity index (χ0n) is 16.3. The maximum atomic E-state index is 14.2. The summed E-state index contributed by atoms with van der Waals surface area (Å²) in [5.41, 5.74) is 2.09. The second kappa shape index (κ2) is 11.4. The topological polar surface area (TPSA) is 9.23 Å². The van der Waals surface area contributed by atoms with Gasteiger partial charge in [0, 0.05) is 5.56 Å². The fraction of sp³-hybridized carbons (Fsp3) is 0.417. The Morgan fingerprint density at radius 1 is 0.778 bits per heavy atom. The molecule has 0 saturated carbocycles. The molecule has 0 aliphatic rings. The quantitative estimate of drug-likeness (QED) is 0.354. The van der Waals surface area contributed by atoms with Gasteiger partial charge in [0.05, 0.1) is 12.2 Å². The van der Waals surface area contributed by atoms with E-state index in [-0.39, 0.29) is 11.3 Å². The molecule has 0 unspecified atom stereocenters. The predicted octanol–water partition coefficient (Wildman–Crippen LogP) is 6.67. The number of halogens is 2. The van der Waals surface area contributed by atoms with Crippen molar-refractivity contribution in [1.29, 1.82) is 0 Å². The lowest BCUT2D eigenvalue weighted by Crippen LogP contribution is -2.01. The van der Waals surface area contributed by atoms with Crippen molar-refractivity contribution in [3.8, 4) is 17.6 Å². The normalized spacial score (nSPS) is 10.4. The van der Waals surface area contributed by atoms with E-state index >= 15 is 0 Å². The van der Waals surface area contributed by atoms with Crippen molar-refractivity contribution in [3.05, 3.63) is 64.7 Å². The van der Waals surface area contributed by atoms with Crippen molar-refractivity contribution in [1.82, 2.24) is 0 Å². The molecule has 0 amide bonds. The minimum Gasteiger partial charge on any atom is -0.490 e. The van der Waals surface area contributed by atoms with Gasteiger partial charge in [-0.3, -0.25) is 0 Å². The van der Waals surface area contributed by atoms with Crippen LogP contribution in [0.15, 0.2) is 36.4 Å². The first kappa shape index (κ1) is 21.0. The van der Waals surface area contributed by atoms with Gasteiger partial charge in [0.15, 0.2) is 11.6 Å². The molecule has 0 bridgehead atoms. The summed E-state index contributed by atoms with van der Waals surface area (Å²) in [4.78, 5) is 0. The molecular weight excluding hydrogens is 342 g/mol. The molecule has 0 saturated heterocycles. The lowest BCUT2D eigenvalue weighted by molar-refractivity contribution is 0.285. The van der Waals surface area contributed by atoms with Crippen LogP contribution in [0.1, 0.15) is 69.1 Å². The van der Waals surface area contributed by atoms with Crippen LogP contribution in [-0.2, 0) is 6.42 Å². The first-order valence-electron chi connectivity index (χ1n) is 9.87. The second-order valence-corrected chi connectivity index (χ2v) is 6.70. The largest absolute Gasteiger partial charge is 0.490 e. The Labute approximate surface area is 161 Å². The molecule has 0 spiro atoms. The van der Waals surface area contributed by atoms with Crippen molar-refractivity contribution in [3.63, 3.8) is 0 Å². The Bertz CT molecular complexity index is 769. The van der Waals surface area contributed by atoms with Gasteiger partial charge in [-0.15, -0.1) is 0 Å². The Balaban J connectivity index is 2.01. The molecular formula is C24H28F2O. The van der Waals surface area contributed by atoms with Gasteiger partial charge >= 0.3 is 0 Å². The molecule has 0 N–H and O–H groups in total. The number of aryl methyl sites for hydroxylation is 1. The highest BCUT2D eigenvalue weighted by Crippen LogP contribution is 2.23. The van der Waals surface area contributed by atoms with Crippen molar-refractivity contribution in [2.24, 2.45) is 0 Å². The highest BCUT2D eigenvalue weighted by atomic mass is 19.2. The van der Waals surface area contributed by atoms with Gasteiger partial charge < -0.3 is 4.74 Å². The van der Waals surface area contributed by atoms with E-state index in [0.717, 1.165) is 50.5 Å². The summed E-state index contributed by atoms with van der Waals surface area (Å²) < 4.78 is 33.8. The van der Waals surface area contributed by atoms with Crippen LogP contribution in [0.5, 0.6) is 5.75 Å². The summed E-state index contributed by atoms with van der Waals surface area (Å²) in [6, 6.07) is 10.8. The van der Waals surface area contributed by atoms with E-state index in [9.17, 15) is 8.78 Å². The predicted molar refractivity (Wildman–Crippen MR) is 107 cm³/mol. The van der Waals surface area contributed by atoms with Gasteiger partial charge in [-0.1, -0.05) is 63.5 Å². The van der Waals surface area contributed by atoms with Gasteiger partial charge in [-0.2, -0.15) is 4.39 Å². The molecule has 3 heteroatoms. The molecule has 0 atom stereocenters. The fourth-order valence-electron chi connectivity index (χ4n) is 2.73. The van der Waals surface area contributed by atoms with Crippen LogP contribution in [0.3, 0.4) is 0 Å². The Hall–Kier alpha value is -2.34. The van der Waals surface area contributed by atoms with Gasteiger partial charge in [-0.05, 0) is 49.1 Å². The summed E-state index contributed by atoms with van der Waals surface area (Å²) in [6.07, 6.45) is 7.47. The molecule has 0 aliphatic heterocycles. The van der Waals surface area contributed by atoms with Crippen molar-refractivity contribution >= 4 is 0 Å². The third kappa shape index (κ3) is 6.71. The number of hydrogen-bond donors (Lipinski definition) is 0. The van der Waals surface area contributed by atoms with Crippen LogP contribution in [0.4, 0.5) is 8.78 Å². The maximum absolute atomic E-state index is 14.2. The lowest BCUT2D eigenvalue weighted by Gasteiger charge is -2.08. The Kier molecular flexibility index (Phi) is 8.84. The van der Waals surface area contributed by atoms with Crippen LogP contribution < -0.4 is 4.74 Å². The molecule has 0 aliphatic carbocycles. The zero-order valence-corrected chi connectivity index (χ0v) is 16.3. The third-order valence-electron chi connectivity index (χ3n) is 4.42. The summed E-state index contributed by atoms with van der Waals surface area (Å²) in [7, 11) is 0. The van der Waals surface area contributed by atoms with Gasteiger partial charge in [0.25, 0.3) is 0 Å². The smallest absolute Gasteiger partial charge is 0.201 e. The molecule has 2 aromatic carbocycles. The zero-order chi connectivity index (χ0) is 19.5. The standard InChI is InChI=1S/C24H28F2O/c1-3-5-7-8-18-27-22-17-16-21(23(25)24(22)26)15-14-20-12-10-19(11-13-20)9-6-4-2/h10-13,16-17H,3-9,18H2,1-2H3. The molecule has 2 aromatic rings. The van der Waals surface area contributed by atoms with Gasteiger partial charge in [-0.25, -0.2) is 4.39 Å². The molecule has 2 rings (SSSR count). The monoisotopic (exact) mass is 370 g/mol. The van der Waals surface area contributed by atoms with Crippen LogP contribution in [0.2, 0.25) is 0 Å². The minimum atomic E-state index is -0.966. The summed E-state index contributed by atoms with van der Waals surface area (Å²) in [6.45, 7) is 4.68. The molecule has 0 radical (unpaired) electrons. The van der Waals surface area contributed by atoms with E-state index in [4.69, 9.17) is 4.74 Å². The SMILES string of the molecule is CCCCCCOc1ccc(C#Cc2ccc(CCCC)cc2)c(F)c1F. The number of unbranched alkanes of at least 4 members (excludes halogenated alkanes) is 4. The van der Waals surface area contributed by atoms with Gasteiger partial charge in [0.1, 0.15) is 0 Å².